The molecule has 0 saturated carbocycles. The van der Waals surface area contributed by atoms with E-state index in [0.717, 1.165) is 11.3 Å². The summed E-state index contributed by atoms with van der Waals surface area (Å²) < 4.78 is 0. The smallest absolute Gasteiger partial charge is 0.185 e. The van der Waals surface area contributed by atoms with Crippen molar-refractivity contribution in [1.82, 2.24) is 0 Å². The third-order valence-corrected chi connectivity index (χ3v) is 8.48. The van der Waals surface area contributed by atoms with Crippen LogP contribution >= 0.6 is 11.6 Å². The Morgan fingerprint density at radius 3 is 2.13 bits per heavy atom. The number of hydrogen-bond donors (Lipinski definition) is 0. The van der Waals surface area contributed by atoms with Gasteiger partial charge in [-0.2, -0.15) is 0 Å². The molecular formula is C33H22ClNO3. The van der Waals surface area contributed by atoms with E-state index in [1.165, 1.54) is 0 Å². The highest BCUT2D eigenvalue weighted by Crippen LogP contribution is 2.61. The second-order valence-electron chi connectivity index (χ2n) is 10.1. The lowest BCUT2D eigenvalue weighted by Crippen LogP contribution is -2.48. The van der Waals surface area contributed by atoms with Gasteiger partial charge in [-0.15, -0.1) is 0 Å². The number of fused-ring (bicyclic) bond motifs is 5. The summed E-state index contributed by atoms with van der Waals surface area (Å²) in [4.78, 5) is 45.6. The molecule has 3 atom stereocenters. The zero-order valence-electron chi connectivity index (χ0n) is 20.3. The molecular weight excluding hydrogens is 494 g/mol. The van der Waals surface area contributed by atoms with Crippen molar-refractivity contribution < 1.29 is 14.4 Å². The van der Waals surface area contributed by atoms with Crippen LogP contribution < -0.4 is 4.90 Å². The Labute approximate surface area is 225 Å². The molecule has 3 aliphatic rings. The van der Waals surface area contributed by atoms with E-state index in [1.54, 1.807) is 48.5 Å². The molecule has 7 rings (SSSR count). The summed E-state index contributed by atoms with van der Waals surface area (Å²) in [5, 5.41) is 0.486. The Bertz CT molecular complexity index is 1640. The molecule has 1 saturated heterocycles. The van der Waals surface area contributed by atoms with E-state index in [1.807, 2.05) is 71.6 Å². The van der Waals surface area contributed by atoms with E-state index in [0.29, 0.717) is 27.3 Å². The highest BCUT2D eigenvalue weighted by Gasteiger charge is 2.71. The van der Waals surface area contributed by atoms with Crippen molar-refractivity contribution in [2.24, 2.45) is 5.41 Å². The lowest BCUT2D eigenvalue weighted by Gasteiger charge is -2.37. The van der Waals surface area contributed by atoms with Gasteiger partial charge in [-0.05, 0) is 29.3 Å². The monoisotopic (exact) mass is 515 g/mol. The van der Waals surface area contributed by atoms with Crippen molar-refractivity contribution in [3.8, 4) is 0 Å². The predicted molar refractivity (Wildman–Crippen MR) is 148 cm³/mol. The highest BCUT2D eigenvalue weighted by molar-refractivity contribution is 6.32. The number of Topliss-reactive ketones (excluding diaryl/α,β-unsaturated/α-hetero) is 3. The third-order valence-electron chi connectivity index (χ3n) is 8.25. The molecule has 1 spiro atoms. The minimum atomic E-state index is -1.52. The van der Waals surface area contributed by atoms with Crippen LogP contribution in [0.25, 0.3) is 6.08 Å². The first kappa shape index (κ1) is 22.9. The molecule has 1 aliphatic carbocycles. The maximum Gasteiger partial charge on any atom is 0.185 e. The van der Waals surface area contributed by atoms with E-state index in [9.17, 15) is 14.4 Å². The minimum Gasteiger partial charge on any atom is -0.352 e. The molecule has 5 heteroatoms. The number of halogens is 1. The summed E-state index contributed by atoms with van der Waals surface area (Å²) in [5.41, 5.74) is 2.29. The van der Waals surface area contributed by atoms with Gasteiger partial charge in [0.25, 0.3) is 0 Å². The predicted octanol–water partition coefficient (Wildman–Crippen LogP) is 6.66. The average Bonchev–Trinajstić information content (AvgIpc) is 3.39. The number of carbonyl (C=O) groups excluding carboxylic acids is 3. The summed E-state index contributed by atoms with van der Waals surface area (Å²) in [6, 6.07) is 29.7. The topological polar surface area (TPSA) is 54.5 Å². The summed E-state index contributed by atoms with van der Waals surface area (Å²) in [6.45, 7) is 0. The van der Waals surface area contributed by atoms with Gasteiger partial charge in [0.15, 0.2) is 17.3 Å². The van der Waals surface area contributed by atoms with Gasteiger partial charge in [0, 0.05) is 33.3 Å². The van der Waals surface area contributed by atoms with Crippen molar-refractivity contribution in [3.63, 3.8) is 0 Å². The number of rotatable bonds is 3. The number of nitrogens with zero attached hydrogens (tertiary/aromatic N) is 1. The molecule has 2 aliphatic heterocycles. The largest absolute Gasteiger partial charge is 0.352 e. The molecule has 0 radical (unpaired) electrons. The first-order chi connectivity index (χ1) is 18.5. The molecule has 2 heterocycles. The Balaban J connectivity index is 1.56. The second-order valence-corrected chi connectivity index (χ2v) is 10.5. The van der Waals surface area contributed by atoms with Crippen LogP contribution in [-0.2, 0) is 0 Å². The third kappa shape index (κ3) is 2.95. The van der Waals surface area contributed by atoms with E-state index in [-0.39, 0.29) is 17.3 Å². The minimum absolute atomic E-state index is 0.140. The fraction of sp³-hybridized carbons (Fsp3) is 0.121. The number of ketones is 3. The van der Waals surface area contributed by atoms with Gasteiger partial charge >= 0.3 is 0 Å². The first-order valence-corrected chi connectivity index (χ1v) is 13.0. The Morgan fingerprint density at radius 1 is 0.763 bits per heavy atom. The molecule has 1 unspecified atom stereocenters. The SMILES string of the molecule is O=C(c1ccccc1)[C@H]1[C@H](c2cccc(Cl)c2)C2(C(=O)c3ccccc3C2=O)C2C=Cc3ccccc3N21. The lowest BCUT2D eigenvalue weighted by molar-refractivity contribution is 0.0666. The molecule has 0 bridgehead atoms. The maximum atomic E-state index is 14.5. The number of carbonyl (C=O) groups is 3. The fourth-order valence-electron chi connectivity index (χ4n) is 6.76. The number of anilines is 1. The first-order valence-electron chi connectivity index (χ1n) is 12.6. The Kier molecular flexibility index (Phi) is 5.04. The van der Waals surface area contributed by atoms with Gasteiger partial charge < -0.3 is 4.90 Å². The van der Waals surface area contributed by atoms with Crippen LogP contribution in [0.3, 0.4) is 0 Å². The molecule has 4 aromatic carbocycles. The van der Waals surface area contributed by atoms with E-state index < -0.39 is 23.4 Å². The highest BCUT2D eigenvalue weighted by atomic mass is 35.5. The van der Waals surface area contributed by atoms with Crippen LogP contribution in [-0.4, -0.2) is 29.4 Å². The van der Waals surface area contributed by atoms with Gasteiger partial charge in [0.2, 0.25) is 0 Å². The summed E-state index contributed by atoms with van der Waals surface area (Å²) in [7, 11) is 0. The average molecular weight is 516 g/mol. The summed E-state index contributed by atoms with van der Waals surface area (Å²) >= 11 is 6.48. The summed E-state index contributed by atoms with van der Waals surface area (Å²) in [6.07, 6.45) is 3.89. The van der Waals surface area contributed by atoms with Crippen LogP contribution in [0.2, 0.25) is 5.02 Å². The number of para-hydroxylation sites is 1. The Hall–Kier alpha value is -4.28. The van der Waals surface area contributed by atoms with Crippen molar-refractivity contribution in [1.29, 1.82) is 0 Å². The molecule has 0 N–H and O–H groups in total. The standard InChI is InChI=1S/C33H22ClNO3/c34-23-13-8-12-22(19-23)28-29(30(36)21-10-2-1-3-11-21)35-26-16-7-4-9-20(26)17-18-27(35)33(28)31(37)24-14-5-6-15-25(24)32(33)38/h1-19,27-29H/t27?,28-,29+/m0/s1. The molecule has 0 aromatic heterocycles. The van der Waals surface area contributed by atoms with E-state index in [4.69, 9.17) is 11.6 Å². The zero-order valence-corrected chi connectivity index (χ0v) is 21.0. The van der Waals surface area contributed by atoms with E-state index in [2.05, 4.69) is 0 Å². The van der Waals surface area contributed by atoms with Crippen molar-refractivity contribution in [3.05, 3.63) is 142 Å². The quantitative estimate of drug-likeness (QED) is 0.226. The van der Waals surface area contributed by atoms with Crippen LogP contribution in [0.4, 0.5) is 5.69 Å². The van der Waals surface area contributed by atoms with Gasteiger partial charge in [0.1, 0.15) is 11.5 Å². The van der Waals surface area contributed by atoms with Crippen LogP contribution in [0, 0.1) is 5.41 Å². The van der Waals surface area contributed by atoms with Gasteiger partial charge in [-0.1, -0.05) is 109 Å². The second kappa shape index (κ2) is 8.37. The maximum absolute atomic E-state index is 14.5. The molecule has 4 nitrogen and oxygen atoms in total. The van der Waals surface area contributed by atoms with Crippen molar-refractivity contribution in [2.45, 2.75) is 18.0 Å². The zero-order chi connectivity index (χ0) is 26.0. The molecule has 0 amide bonds. The van der Waals surface area contributed by atoms with E-state index >= 15 is 0 Å². The van der Waals surface area contributed by atoms with Gasteiger partial charge in [-0.3, -0.25) is 14.4 Å². The molecule has 184 valence electrons. The van der Waals surface area contributed by atoms with Gasteiger partial charge in [-0.25, -0.2) is 0 Å². The Morgan fingerprint density at radius 2 is 1.42 bits per heavy atom. The van der Waals surface area contributed by atoms with Crippen molar-refractivity contribution in [2.75, 3.05) is 4.90 Å². The fourth-order valence-corrected chi connectivity index (χ4v) is 6.96. The molecule has 38 heavy (non-hydrogen) atoms. The lowest BCUT2D eigenvalue weighted by atomic mass is 9.64. The van der Waals surface area contributed by atoms with Crippen LogP contribution in [0.15, 0.2) is 109 Å². The normalized spacial score (nSPS) is 22.3. The van der Waals surface area contributed by atoms with Crippen LogP contribution in [0.5, 0.6) is 0 Å². The molecule has 1 fully saturated rings. The van der Waals surface area contributed by atoms with Gasteiger partial charge in [0.05, 0.1) is 6.04 Å². The molecule has 4 aromatic rings. The van der Waals surface area contributed by atoms with Crippen LogP contribution in [0.1, 0.15) is 48.1 Å². The number of benzene rings is 4. The number of hydrogen-bond acceptors (Lipinski definition) is 4. The summed E-state index contributed by atoms with van der Waals surface area (Å²) in [5.74, 6) is -1.39. The van der Waals surface area contributed by atoms with Crippen molar-refractivity contribution >= 4 is 40.7 Å².